The van der Waals surface area contributed by atoms with Crippen molar-refractivity contribution < 1.29 is 14.3 Å². The Morgan fingerprint density at radius 1 is 1.35 bits per heavy atom. The van der Waals surface area contributed by atoms with Crippen molar-refractivity contribution in [3.05, 3.63) is 11.1 Å². The number of esters is 1. The van der Waals surface area contributed by atoms with E-state index < -0.39 is 0 Å². The zero-order valence-corrected chi connectivity index (χ0v) is 13.0. The molecule has 0 spiro atoms. The van der Waals surface area contributed by atoms with Crippen molar-refractivity contribution >= 4 is 28.3 Å². The van der Waals surface area contributed by atoms with Gasteiger partial charge in [0.15, 0.2) is 5.13 Å². The molecule has 0 unspecified atom stereocenters. The quantitative estimate of drug-likeness (QED) is 0.737. The summed E-state index contributed by atoms with van der Waals surface area (Å²) < 4.78 is 4.86. The average molecular weight is 299 g/mol. The highest BCUT2D eigenvalue weighted by atomic mass is 32.1. The van der Waals surface area contributed by atoms with Crippen molar-refractivity contribution in [1.82, 2.24) is 9.88 Å². The zero-order chi connectivity index (χ0) is 15.0. The molecular formula is C13H21N3O3S. The van der Waals surface area contributed by atoms with E-state index in [1.54, 1.807) is 17.2 Å². The highest BCUT2D eigenvalue weighted by Gasteiger charge is 2.11. The van der Waals surface area contributed by atoms with Crippen LogP contribution in [0.3, 0.4) is 0 Å². The summed E-state index contributed by atoms with van der Waals surface area (Å²) in [6.45, 7) is 7.64. The number of nitrogens with zero attached hydrogens (tertiary/aromatic N) is 2. The van der Waals surface area contributed by atoms with Crippen molar-refractivity contribution in [2.75, 3.05) is 31.6 Å². The molecular weight excluding hydrogens is 278 g/mol. The number of rotatable bonds is 8. The lowest BCUT2D eigenvalue weighted by Crippen LogP contribution is -2.35. The number of anilines is 1. The number of carbonyl (C=O) groups excluding carboxylic acids is 2. The first-order valence-corrected chi connectivity index (χ1v) is 7.60. The molecule has 0 saturated carbocycles. The summed E-state index contributed by atoms with van der Waals surface area (Å²) in [4.78, 5) is 29.1. The number of thiazole rings is 1. The van der Waals surface area contributed by atoms with Gasteiger partial charge in [-0.2, -0.15) is 0 Å². The summed E-state index contributed by atoms with van der Waals surface area (Å²) in [5, 5.41) is 5.42. The van der Waals surface area contributed by atoms with Crippen LogP contribution in [0.25, 0.3) is 0 Å². The van der Waals surface area contributed by atoms with Crippen LogP contribution in [0.2, 0.25) is 0 Å². The summed E-state index contributed by atoms with van der Waals surface area (Å²) in [5.41, 5.74) is 0.659. The minimum absolute atomic E-state index is 0.0390. The normalized spacial score (nSPS) is 10.2. The molecule has 0 bridgehead atoms. The first-order chi connectivity index (χ1) is 9.60. The number of hydrogen-bond donors (Lipinski definition) is 1. The number of hydrogen-bond acceptors (Lipinski definition) is 6. The molecule has 0 radical (unpaired) electrons. The topological polar surface area (TPSA) is 71.5 Å². The molecule has 0 atom stereocenters. The monoisotopic (exact) mass is 299 g/mol. The molecule has 1 heterocycles. The molecule has 0 aromatic carbocycles. The summed E-state index contributed by atoms with van der Waals surface area (Å²) in [5.74, 6) is -0.249. The lowest BCUT2D eigenvalue weighted by atomic mass is 10.3. The molecule has 6 nitrogen and oxygen atoms in total. The minimum atomic E-state index is -0.288. The molecule has 112 valence electrons. The van der Waals surface area contributed by atoms with Crippen LogP contribution in [0.1, 0.15) is 26.5 Å². The fourth-order valence-electron chi connectivity index (χ4n) is 1.67. The van der Waals surface area contributed by atoms with Gasteiger partial charge in [-0.15, -0.1) is 11.3 Å². The Kier molecular flexibility index (Phi) is 7.00. The van der Waals surface area contributed by atoms with Gasteiger partial charge in [-0.3, -0.25) is 9.59 Å². The van der Waals surface area contributed by atoms with Gasteiger partial charge in [-0.25, -0.2) is 4.98 Å². The maximum atomic E-state index is 11.8. The van der Waals surface area contributed by atoms with Gasteiger partial charge in [-0.1, -0.05) is 0 Å². The summed E-state index contributed by atoms with van der Waals surface area (Å²) in [6.07, 6.45) is 0.163. The number of ether oxygens (including phenoxy) is 1. The summed E-state index contributed by atoms with van der Waals surface area (Å²) in [6, 6.07) is 0. The zero-order valence-electron chi connectivity index (χ0n) is 12.1. The highest BCUT2D eigenvalue weighted by molar-refractivity contribution is 7.13. The Hall–Kier alpha value is -1.63. The largest absolute Gasteiger partial charge is 0.466 e. The maximum Gasteiger partial charge on any atom is 0.311 e. The van der Waals surface area contributed by atoms with Crippen molar-refractivity contribution in [2.24, 2.45) is 0 Å². The van der Waals surface area contributed by atoms with Crippen LogP contribution in [-0.2, 0) is 20.7 Å². The van der Waals surface area contributed by atoms with E-state index in [1.807, 2.05) is 13.8 Å². The van der Waals surface area contributed by atoms with E-state index in [4.69, 9.17) is 4.74 Å². The Morgan fingerprint density at radius 3 is 2.65 bits per heavy atom. The molecule has 1 aromatic rings. The van der Waals surface area contributed by atoms with E-state index in [-0.39, 0.29) is 24.8 Å². The molecule has 1 amide bonds. The van der Waals surface area contributed by atoms with Crippen LogP contribution in [0.5, 0.6) is 0 Å². The Balaban J connectivity index is 2.44. The minimum Gasteiger partial charge on any atom is -0.466 e. The maximum absolute atomic E-state index is 11.8. The van der Waals surface area contributed by atoms with Crippen molar-refractivity contribution in [2.45, 2.75) is 27.2 Å². The van der Waals surface area contributed by atoms with E-state index >= 15 is 0 Å². The second kappa shape index (κ2) is 8.52. The van der Waals surface area contributed by atoms with Gasteiger partial charge in [0.05, 0.1) is 25.3 Å². The lowest BCUT2D eigenvalue weighted by Gasteiger charge is -2.18. The first kappa shape index (κ1) is 16.4. The van der Waals surface area contributed by atoms with E-state index in [1.165, 1.54) is 11.3 Å². The molecule has 0 fully saturated rings. The number of nitrogens with one attached hydrogen (secondary N) is 1. The number of carbonyl (C=O) groups is 2. The van der Waals surface area contributed by atoms with Crippen molar-refractivity contribution in [1.29, 1.82) is 0 Å². The molecule has 1 aromatic heterocycles. The highest BCUT2D eigenvalue weighted by Crippen LogP contribution is 2.15. The fourth-order valence-corrected chi connectivity index (χ4v) is 2.38. The van der Waals surface area contributed by atoms with E-state index in [9.17, 15) is 9.59 Å². The third-order valence-electron chi connectivity index (χ3n) is 2.69. The van der Waals surface area contributed by atoms with E-state index in [2.05, 4.69) is 10.3 Å². The molecule has 0 aliphatic heterocycles. The van der Waals surface area contributed by atoms with E-state index in [0.717, 1.165) is 0 Å². The molecule has 1 rings (SSSR count). The lowest BCUT2D eigenvalue weighted by molar-refractivity contribution is -0.142. The van der Waals surface area contributed by atoms with Crippen LogP contribution in [0.15, 0.2) is 5.38 Å². The van der Waals surface area contributed by atoms with Gasteiger partial charge in [0, 0.05) is 18.5 Å². The average Bonchev–Trinajstić information content (AvgIpc) is 2.85. The third-order valence-corrected chi connectivity index (χ3v) is 3.54. The first-order valence-electron chi connectivity index (χ1n) is 6.72. The van der Waals surface area contributed by atoms with Gasteiger partial charge >= 0.3 is 5.97 Å². The molecule has 0 saturated heterocycles. The predicted molar refractivity (Wildman–Crippen MR) is 78.9 cm³/mol. The van der Waals surface area contributed by atoms with Gasteiger partial charge in [0.2, 0.25) is 5.91 Å². The second-order valence-corrected chi connectivity index (χ2v) is 4.90. The Morgan fingerprint density at radius 2 is 2.05 bits per heavy atom. The van der Waals surface area contributed by atoms with Crippen molar-refractivity contribution in [3.63, 3.8) is 0 Å². The number of amides is 1. The molecule has 0 aliphatic carbocycles. The standard InChI is InChI=1S/C13H21N3O3S/c1-4-16(5-2)11(17)8-14-13-15-10(9-20-13)7-12(18)19-6-3/h9H,4-8H2,1-3H3,(H,14,15). The number of likely N-dealkylation sites (N-methyl/N-ethyl adjacent to an activating group) is 1. The van der Waals surface area contributed by atoms with Crippen molar-refractivity contribution in [3.8, 4) is 0 Å². The number of aromatic nitrogens is 1. The molecule has 20 heavy (non-hydrogen) atoms. The van der Waals surface area contributed by atoms with Gasteiger partial charge in [0.1, 0.15) is 0 Å². The van der Waals surface area contributed by atoms with Crippen LogP contribution < -0.4 is 5.32 Å². The van der Waals surface area contributed by atoms with Gasteiger partial charge < -0.3 is 15.0 Å². The van der Waals surface area contributed by atoms with E-state index in [0.29, 0.717) is 30.5 Å². The summed E-state index contributed by atoms with van der Waals surface area (Å²) >= 11 is 1.38. The third kappa shape index (κ3) is 5.16. The Labute approximate surface area is 123 Å². The van der Waals surface area contributed by atoms with Crippen LogP contribution >= 0.6 is 11.3 Å². The molecule has 0 aliphatic rings. The van der Waals surface area contributed by atoms with Crippen LogP contribution in [0, 0.1) is 0 Å². The van der Waals surface area contributed by atoms with Crippen LogP contribution in [0.4, 0.5) is 5.13 Å². The van der Waals surface area contributed by atoms with Gasteiger partial charge in [-0.05, 0) is 20.8 Å². The SMILES string of the molecule is CCOC(=O)Cc1csc(NCC(=O)N(CC)CC)n1. The molecule has 1 N–H and O–H groups in total. The smallest absolute Gasteiger partial charge is 0.311 e. The second-order valence-electron chi connectivity index (χ2n) is 4.05. The fraction of sp³-hybridized carbons (Fsp3) is 0.615. The summed E-state index contributed by atoms with van der Waals surface area (Å²) in [7, 11) is 0. The predicted octanol–water partition coefficient (Wildman–Crippen LogP) is 1.53. The Bertz CT molecular complexity index is 444. The van der Waals surface area contributed by atoms with Crippen LogP contribution in [-0.4, -0.2) is 48.0 Å². The molecule has 7 heteroatoms. The van der Waals surface area contributed by atoms with Gasteiger partial charge in [0.25, 0.3) is 0 Å².